The van der Waals surface area contributed by atoms with Crippen molar-refractivity contribution in [3.63, 3.8) is 0 Å². The van der Waals surface area contributed by atoms with Crippen LogP contribution < -0.4 is 10.6 Å². The topological polar surface area (TPSA) is 42.9 Å². The van der Waals surface area contributed by atoms with E-state index >= 15 is 0 Å². The number of aliphatic imine (C=N–C) groups is 1. The third-order valence-corrected chi connectivity index (χ3v) is 5.46. The lowest BCUT2D eigenvalue weighted by atomic mass is 10.1. The fraction of sp³-hybridized carbons (Fsp3) is 0.737. The molecule has 0 saturated carbocycles. The molecule has 6 heteroatoms. The van der Waals surface area contributed by atoms with Crippen LogP contribution in [0.4, 0.5) is 0 Å². The van der Waals surface area contributed by atoms with E-state index in [1.54, 1.807) is 11.3 Å². The summed E-state index contributed by atoms with van der Waals surface area (Å²) in [6.45, 7) is 15.2. The van der Waals surface area contributed by atoms with Gasteiger partial charge in [-0.2, -0.15) is 11.3 Å². The molecule has 142 valence electrons. The van der Waals surface area contributed by atoms with Crippen LogP contribution in [0.15, 0.2) is 21.8 Å². The molecule has 2 unspecified atom stereocenters. The molecule has 2 heterocycles. The van der Waals surface area contributed by atoms with Gasteiger partial charge in [0.15, 0.2) is 5.96 Å². The van der Waals surface area contributed by atoms with Gasteiger partial charge in [0.1, 0.15) is 0 Å². The lowest BCUT2D eigenvalue weighted by Crippen LogP contribution is -2.46. The third-order valence-electron chi connectivity index (χ3n) is 4.76. The monoisotopic (exact) mass is 365 g/mol. The number of hydrogen-bond acceptors (Lipinski definition) is 4. The lowest BCUT2D eigenvalue weighted by Gasteiger charge is -2.33. The fourth-order valence-corrected chi connectivity index (χ4v) is 3.82. The van der Waals surface area contributed by atoms with E-state index in [2.05, 4.69) is 65.1 Å². The minimum absolute atomic E-state index is 0.498. The van der Waals surface area contributed by atoms with Crippen molar-refractivity contribution in [3.8, 4) is 0 Å². The van der Waals surface area contributed by atoms with Crippen LogP contribution in [0.25, 0.3) is 0 Å². The van der Waals surface area contributed by atoms with Gasteiger partial charge in [0.25, 0.3) is 0 Å². The summed E-state index contributed by atoms with van der Waals surface area (Å²) >= 11 is 1.76. The molecule has 1 fully saturated rings. The average Bonchev–Trinajstić information content (AvgIpc) is 3.14. The molecular formula is C19H35N5S. The Balaban J connectivity index is 1.75. The zero-order chi connectivity index (χ0) is 18.1. The number of hydrogen-bond donors (Lipinski definition) is 2. The van der Waals surface area contributed by atoms with Gasteiger partial charge in [-0.15, -0.1) is 0 Å². The molecule has 1 aromatic rings. The Kier molecular flexibility index (Phi) is 8.72. The highest BCUT2D eigenvalue weighted by atomic mass is 32.1. The quantitative estimate of drug-likeness (QED) is 0.548. The molecule has 2 N–H and O–H groups in total. The molecule has 1 aliphatic rings. The zero-order valence-corrected chi connectivity index (χ0v) is 17.1. The molecule has 5 nitrogen and oxygen atoms in total. The molecule has 0 radical (unpaired) electrons. The molecule has 1 aliphatic heterocycles. The van der Waals surface area contributed by atoms with Crippen molar-refractivity contribution in [3.05, 3.63) is 22.4 Å². The SMILES string of the molecule is CCNC(=NCC(C)CN1CCN(C)CC1)NCC(C)c1ccsc1. The first-order valence-electron chi connectivity index (χ1n) is 9.53. The van der Waals surface area contributed by atoms with Crippen LogP contribution in [0.3, 0.4) is 0 Å². The van der Waals surface area contributed by atoms with Crippen LogP contribution >= 0.6 is 11.3 Å². The van der Waals surface area contributed by atoms with Gasteiger partial charge in [0.05, 0.1) is 0 Å². The lowest BCUT2D eigenvalue weighted by molar-refractivity contribution is 0.140. The highest BCUT2D eigenvalue weighted by molar-refractivity contribution is 7.07. The first-order chi connectivity index (χ1) is 12.1. The van der Waals surface area contributed by atoms with Crippen LogP contribution in [-0.4, -0.2) is 75.2 Å². The van der Waals surface area contributed by atoms with E-state index in [1.807, 2.05) is 0 Å². The van der Waals surface area contributed by atoms with Crippen LogP contribution in [0.2, 0.25) is 0 Å². The van der Waals surface area contributed by atoms with E-state index in [1.165, 1.54) is 31.7 Å². The number of likely N-dealkylation sites (N-methyl/N-ethyl adjacent to an activating group) is 1. The van der Waals surface area contributed by atoms with Crippen molar-refractivity contribution in [1.29, 1.82) is 0 Å². The van der Waals surface area contributed by atoms with Gasteiger partial charge in [-0.3, -0.25) is 4.99 Å². The predicted molar refractivity (Wildman–Crippen MR) is 110 cm³/mol. The van der Waals surface area contributed by atoms with Crippen LogP contribution in [0.1, 0.15) is 32.3 Å². The number of nitrogens with zero attached hydrogens (tertiary/aromatic N) is 3. The molecule has 2 rings (SSSR count). The molecule has 0 bridgehead atoms. The number of rotatable bonds is 8. The summed E-state index contributed by atoms with van der Waals surface area (Å²) < 4.78 is 0. The summed E-state index contributed by atoms with van der Waals surface area (Å²) in [4.78, 5) is 9.78. The number of guanidine groups is 1. The van der Waals surface area contributed by atoms with Crippen molar-refractivity contribution in [2.45, 2.75) is 26.7 Å². The molecule has 0 aromatic carbocycles. The molecule has 0 spiro atoms. The number of nitrogens with one attached hydrogen (secondary N) is 2. The fourth-order valence-electron chi connectivity index (χ4n) is 3.04. The standard InChI is InChI=1S/C19H35N5S/c1-5-20-19(22-13-17(3)18-6-11-25-15-18)21-12-16(2)14-24-9-7-23(4)8-10-24/h6,11,15-17H,5,7-10,12-14H2,1-4H3,(H2,20,21,22). The largest absolute Gasteiger partial charge is 0.357 e. The highest BCUT2D eigenvalue weighted by Gasteiger charge is 2.16. The molecular weight excluding hydrogens is 330 g/mol. The Labute approximate surface area is 157 Å². The maximum Gasteiger partial charge on any atom is 0.191 e. The minimum atomic E-state index is 0.498. The molecule has 0 amide bonds. The van der Waals surface area contributed by atoms with Gasteiger partial charge in [0.2, 0.25) is 0 Å². The maximum atomic E-state index is 4.81. The van der Waals surface area contributed by atoms with Crippen molar-refractivity contribution in [2.24, 2.45) is 10.9 Å². The molecule has 2 atom stereocenters. The van der Waals surface area contributed by atoms with Gasteiger partial charge < -0.3 is 20.4 Å². The Morgan fingerprint density at radius 1 is 1.24 bits per heavy atom. The van der Waals surface area contributed by atoms with Crippen LogP contribution in [-0.2, 0) is 0 Å². The molecule has 0 aliphatic carbocycles. The van der Waals surface area contributed by atoms with Gasteiger partial charge in [-0.05, 0) is 48.2 Å². The molecule has 1 saturated heterocycles. The van der Waals surface area contributed by atoms with E-state index in [4.69, 9.17) is 4.99 Å². The summed E-state index contributed by atoms with van der Waals surface area (Å²) in [5.74, 6) is 2.01. The van der Waals surface area contributed by atoms with Crippen molar-refractivity contribution >= 4 is 17.3 Å². The first kappa shape index (κ1) is 20.2. The van der Waals surface area contributed by atoms with E-state index in [9.17, 15) is 0 Å². The average molecular weight is 366 g/mol. The zero-order valence-electron chi connectivity index (χ0n) is 16.3. The normalized spacial score (nSPS) is 19.6. The number of thiophene rings is 1. The smallest absolute Gasteiger partial charge is 0.191 e. The van der Waals surface area contributed by atoms with Gasteiger partial charge in [-0.25, -0.2) is 0 Å². The second-order valence-corrected chi connectivity index (χ2v) is 8.05. The Morgan fingerprint density at radius 3 is 2.64 bits per heavy atom. The summed E-state index contributed by atoms with van der Waals surface area (Å²) in [7, 11) is 2.20. The Bertz CT molecular complexity index is 494. The van der Waals surface area contributed by atoms with Gasteiger partial charge >= 0.3 is 0 Å². The Morgan fingerprint density at radius 2 is 2.00 bits per heavy atom. The third kappa shape index (κ3) is 7.34. The molecule has 1 aromatic heterocycles. The predicted octanol–water partition coefficient (Wildman–Crippen LogP) is 2.29. The minimum Gasteiger partial charge on any atom is -0.357 e. The summed E-state index contributed by atoms with van der Waals surface area (Å²) in [6, 6.07) is 2.21. The van der Waals surface area contributed by atoms with Crippen LogP contribution in [0.5, 0.6) is 0 Å². The van der Waals surface area contributed by atoms with E-state index in [0.29, 0.717) is 11.8 Å². The van der Waals surface area contributed by atoms with Gasteiger partial charge in [0, 0.05) is 52.4 Å². The number of piperazine rings is 1. The second kappa shape index (κ2) is 10.8. The van der Waals surface area contributed by atoms with Crippen molar-refractivity contribution in [2.75, 3.05) is 59.4 Å². The van der Waals surface area contributed by atoms with Crippen LogP contribution in [0, 0.1) is 5.92 Å². The van der Waals surface area contributed by atoms with E-state index in [0.717, 1.165) is 32.1 Å². The van der Waals surface area contributed by atoms with E-state index in [-0.39, 0.29) is 0 Å². The summed E-state index contributed by atoms with van der Waals surface area (Å²) in [5, 5.41) is 11.2. The van der Waals surface area contributed by atoms with Crippen molar-refractivity contribution in [1.82, 2.24) is 20.4 Å². The summed E-state index contributed by atoms with van der Waals surface area (Å²) in [5.41, 5.74) is 1.40. The van der Waals surface area contributed by atoms with E-state index < -0.39 is 0 Å². The summed E-state index contributed by atoms with van der Waals surface area (Å²) in [6.07, 6.45) is 0. The van der Waals surface area contributed by atoms with Crippen molar-refractivity contribution < 1.29 is 0 Å². The maximum absolute atomic E-state index is 4.81. The Hall–Kier alpha value is -1.11. The van der Waals surface area contributed by atoms with Gasteiger partial charge in [-0.1, -0.05) is 13.8 Å². The second-order valence-electron chi connectivity index (χ2n) is 7.27. The highest BCUT2D eigenvalue weighted by Crippen LogP contribution is 2.17. The first-order valence-corrected chi connectivity index (χ1v) is 10.5. The molecule has 25 heavy (non-hydrogen) atoms.